The fourth-order valence-corrected chi connectivity index (χ4v) is 1.40. The molecule has 0 N–H and O–H groups in total. The van der Waals surface area contributed by atoms with Gasteiger partial charge < -0.3 is 4.74 Å². The van der Waals surface area contributed by atoms with Crippen molar-refractivity contribution >= 4 is 5.97 Å². The molecule has 82 valence electrons. The molecule has 0 saturated heterocycles. The summed E-state index contributed by atoms with van der Waals surface area (Å²) < 4.78 is 5.06. The van der Waals surface area contributed by atoms with Gasteiger partial charge in [-0.25, -0.2) is 0 Å². The summed E-state index contributed by atoms with van der Waals surface area (Å²) in [6, 6.07) is 0. The van der Waals surface area contributed by atoms with Crippen LogP contribution in [0.2, 0.25) is 0 Å². The van der Waals surface area contributed by atoms with Crippen LogP contribution in [0, 0.1) is 17.8 Å². The Labute approximate surface area is 87.3 Å². The van der Waals surface area contributed by atoms with Gasteiger partial charge in [0.1, 0.15) is 6.61 Å². The molecule has 2 nitrogen and oxygen atoms in total. The fourth-order valence-electron chi connectivity index (χ4n) is 1.40. The number of esters is 1. The van der Waals surface area contributed by atoms with Crippen molar-refractivity contribution in [3.05, 3.63) is 12.7 Å². The van der Waals surface area contributed by atoms with Crippen molar-refractivity contribution in [3.63, 3.8) is 0 Å². The van der Waals surface area contributed by atoms with Crippen LogP contribution >= 0.6 is 0 Å². The van der Waals surface area contributed by atoms with Gasteiger partial charge in [0.05, 0.1) is 5.92 Å². The Morgan fingerprint density at radius 1 is 1.36 bits per heavy atom. The first-order valence-corrected chi connectivity index (χ1v) is 5.26. The van der Waals surface area contributed by atoms with E-state index in [0.717, 1.165) is 6.42 Å². The molecule has 1 unspecified atom stereocenters. The van der Waals surface area contributed by atoms with E-state index in [1.54, 1.807) is 6.08 Å². The van der Waals surface area contributed by atoms with Crippen LogP contribution in [0.3, 0.4) is 0 Å². The van der Waals surface area contributed by atoms with E-state index in [9.17, 15) is 4.79 Å². The van der Waals surface area contributed by atoms with E-state index in [0.29, 0.717) is 18.4 Å². The molecule has 0 amide bonds. The van der Waals surface area contributed by atoms with Gasteiger partial charge in [-0.2, -0.15) is 0 Å². The molecule has 2 heteroatoms. The van der Waals surface area contributed by atoms with Gasteiger partial charge >= 0.3 is 5.97 Å². The van der Waals surface area contributed by atoms with Crippen LogP contribution in [0.15, 0.2) is 12.7 Å². The summed E-state index contributed by atoms with van der Waals surface area (Å²) >= 11 is 0. The SMILES string of the molecule is C=CCOC(=O)C(CC(C)C)C(C)C. The molecule has 0 saturated carbocycles. The molecule has 0 heterocycles. The zero-order chi connectivity index (χ0) is 11.1. The number of rotatable bonds is 6. The third kappa shape index (κ3) is 5.05. The minimum absolute atomic E-state index is 0.0231. The monoisotopic (exact) mass is 198 g/mol. The van der Waals surface area contributed by atoms with E-state index in [4.69, 9.17) is 4.74 Å². The van der Waals surface area contributed by atoms with E-state index in [-0.39, 0.29) is 11.9 Å². The summed E-state index contributed by atoms with van der Waals surface area (Å²) in [4.78, 5) is 11.6. The smallest absolute Gasteiger partial charge is 0.309 e. The third-order valence-corrected chi connectivity index (χ3v) is 2.18. The van der Waals surface area contributed by atoms with Crippen LogP contribution in [0.25, 0.3) is 0 Å². The van der Waals surface area contributed by atoms with Crippen LogP contribution in [-0.2, 0) is 9.53 Å². The Morgan fingerprint density at radius 2 is 1.93 bits per heavy atom. The number of ether oxygens (including phenoxy) is 1. The van der Waals surface area contributed by atoms with Crippen molar-refractivity contribution in [2.24, 2.45) is 17.8 Å². The van der Waals surface area contributed by atoms with Crippen LogP contribution in [-0.4, -0.2) is 12.6 Å². The van der Waals surface area contributed by atoms with Crippen LogP contribution in [0.4, 0.5) is 0 Å². The van der Waals surface area contributed by atoms with Crippen LogP contribution in [0.5, 0.6) is 0 Å². The molecule has 0 radical (unpaired) electrons. The zero-order valence-corrected chi connectivity index (χ0v) is 9.75. The molecular weight excluding hydrogens is 176 g/mol. The van der Waals surface area contributed by atoms with E-state index >= 15 is 0 Å². The largest absolute Gasteiger partial charge is 0.461 e. The van der Waals surface area contributed by atoms with Crippen molar-refractivity contribution in [2.45, 2.75) is 34.1 Å². The maximum atomic E-state index is 11.6. The molecule has 0 aliphatic carbocycles. The summed E-state index contributed by atoms with van der Waals surface area (Å²) in [5.74, 6) is 0.803. The highest BCUT2D eigenvalue weighted by Gasteiger charge is 2.24. The molecule has 0 aliphatic rings. The fraction of sp³-hybridized carbons (Fsp3) is 0.750. The molecular formula is C12H22O2. The Kier molecular flexibility index (Phi) is 6.26. The second-order valence-electron chi connectivity index (χ2n) is 4.40. The lowest BCUT2D eigenvalue weighted by atomic mass is 9.88. The Morgan fingerprint density at radius 3 is 2.29 bits per heavy atom. The van der Waals surface area contributed by atoms with Crippen molar-refractivity contribution in [1.82, 2.24) is 0 Å². The van der Waals surface area contributed by atoms with Crippen molar-refractivity contribution in [2.75, 3.05) is 6.61 Å². The predicted molar refractivity (Wildman–Crippen MR) is 58.9 cm³/mol. The maximum absolute atomic E-state index is 11.6. The first-order valence-electron chi connectivity index (χ1n) is 5.26. The summed E-state index contributed by atoms with van der Waals surface area (Å²) in [6.45, 7) is 12.2. The van der Waals surface area contributed by atoms with Crippen molar-refractivity contribution in [3.8, 4) is 0 Å². The summed E-state index contributed by atoms with van der Waals surface area (Å²) in [5.41, 5.74) is 0. The van der Waals surface area contributed by atoms with E-state index in [1.165, 1.54) is 0 Å². The molecule has 0 bridgehead atoms. The lowest BCUT2D eigenvalue weighted by Gasteiger charge is -2.20. The quantitative estimate of drug-likeness (QED) is 0.484. The Balaban J connectivity index is 4.18. The Bertz CT molecular complexity index is 183. The van der Waals surface area contributed by atoms with Gasteiger partial charge in [-0.05, 0) is 18.3 Å². The van der Waals surface area contributed by atoms with Gasteiger partial charge in [0, 0.05) is 0 Å². The summed E-state index contributed by atoms with van der Waals surface area (Å²) in [6.07, 6.45) is 2.50. The molecule has 0 rings (SSSR count). The van der Waals surface area contributed by atoms with E-state index in [1.807, 2.05) is 0 Å². The van der Waals surface area contributed by atoms with Crippen molar-refractivity contribution < 1.29 is 9.53 Å². The molecule has 1 atom stereocenters. The van der Waals surface area contributed by atoms with Gasteiger partial charge in [-0.1, -0.05) is 40.3 Å². The van der Waals surface area contributed by atoms with Gasteiger partial charge in [-0.15, -0.1) is 0 Å². The molecule has 14 heavy (non-hydrogen) atoms. The normalized spacial score (nSPS) is 13.0. The highest BCUT2D eigenvalue weighted by Crippen LogP contribution is 2.21. The van der Waals surface area contributed by atoms with Crippen LogP contribution < -0.4 is 0 Å². The number of carbonyl (C=O) groups excluding carboxylic acids is 1. The second-order valence-corrected chi connectivity index (χ2v) is 4.40. The highest BCUT2D eigenvalue weighted by molar-refractivity contribution is 5.72. The average Bonchev–Trinajstić information content (AvgIpc) is 2.09. The first-order chi connectivity index (χ1) is 6.49. The first kappa shape index (κ1) is 13.2. The minimum atomic E-state index is -0.0893. The highest BCUT2D eigenvalue weighted by atomic mass is 16.5. The summed E-state index contributed by atoms with van der Waals surface area (Å²) in [5, 5.41) is 0. The topological polar surface area (TPSA) is 26.3 Å². The van der Waals surface area contributed by atoms with E-state index < -0.39 is 0 Å². The second kappa shape index (κ2) is 6.63. The average molecular weight is 198 g/mol. The number of hydrogen-bond donors (Lipinski definition) is 0. The molecule has 0 aromatic rings. The van der Waals surface area contributed by atoms with Gasteiger partial charge in [0.25, 0.3) is 0 Å². The standard InChI is InChI=1S/C12H22O2/c1-6-7-14-12(13)11(10(4)5)8-9(2)3/h6,9-11H,1,7-8H2,2-5H3. The minimum Gasteiger partial charge on any atom is -0.461 e. The zero-order valence-electron chi connectivity index (χ0n) is 9.75. The van der Waals surface area contributed by atoms with Gasteiger partial charge in [-0.3, -0.25) is 4.79 Å². The van der Waals surface area contributed by atoms with Crippen molar-refractivity contribution in [1.29, 1.82) is 0 Å². The lowest BCUT2D eigenvalue weighted by molar-refractivity contribution is -0.149. The lowest BCUT2D eigenvalue weighted by Crippen LogP contribution is -2.24. The Hall–Kier alpha value is -0.790. The van der Waals surface area contributed by atoms with Gasteiger partial charge in [0.15, 0.2) is 0 Å². The molecule has 0 aliphatic heterocycles. The van der Waals surface area contributed by atoms with Gasteiger partial charge in [0.2, 0.25) is 0 Å². The summed E-state index contributed by atoms with van der Waals surface area (Å²) in [7, 11) is 0. The predicted octanol–water partition coefficient (Wildman–Crippen LogP) is 3.03. The van der Waals surface area contributed by atoms with Crippen LogP contribution in [0.1, 0.15) is 34.1 Å². The molecule has 0 fully saturated rings. The van der Waals surface area contributed by atoms with E-state index in [2.05, 4.69) is 34.3 Å². The molecule has 0 spiro atoms. The maximum Gasteiger partial charge on any atom is 0.309 e. The third-order valence-electron chi connectivity index (χ3n) is 2.18. The number of hydrogen-bond acceptors (Lipinski definition) is 2. The number of carbonyl (C=O) groups is 1. The molecule has 0 aromatic carbocycles. The molecule has 0 aromatic heterocycles.